The molecule has 94 valence electrons. The molecule has 2 aromatic rings. The van der Waals surface area contributed by atoms with Crippen LogP contribution < -0.4 is 10.5 Å². The number of rotatable bonds is 2. The minimum atomic E-state index is 0.330. The highest BCUT2D eigenvalue weighted by atomic mass is 35.5. The maximum atomic E-state index is 6.10. The van der Waals surface area contributed by atoms with Crippen LogP contribution in [0.25, 0.3) is 0 Å². The van der Waals surface area contributed by atoms with Gasteiger partial charge in [-0.05, 0) is 17.7 Å². The van der Waals surface area contributed by atoms with Crippen LogP contribution in [0.5, 0.6) is 5.75 Å². The Labute approximate surface area is 114 Å². The summed E-state index contributed by atoms with van der Waals surface area (Å²) in [6.07, 6.45) is 2.59. The molecule has 0 amide bonds. The number of fused-ring (bicyclic) bond motifs is 1. The number of nitrogens with two attached hydrogens (primary N) is 1. The van der Waals surface area contributed by atoms with Gasteiger partial charge < -0.3 is 10.5 Å². The summed E-state index contributed by atoms with van der Waals surface area (Å²) in [5.41, 5.74) is 7.75. The van der Waals surface area contributed by atoms with Crippen LogP contribution in [0.1, 0.15) is 11.1 Å². The fourth-order valence-corrected chi connectivity index (χ4v) is 2.54. The van der Waals surface area contributed by atoms with Gasteiger partial charge in [0.25, 0.3) is 0 Å². The van der Waals surface area contributed by atoms with E-state index in [9.17, 15) is 0 Å². The normalized spacial score (nSPS) is 13.4. The molecule has 0 spiro atoms. The summed E-state index contributed by atoms with van der Waals surface area (Å²) in [5, 5.41) is 5.29. The summed E-state index contributed by atoms with van der Waals surface area (Å²) in [6.45, 7) is 1.24. The number of hydrogen-bond acceptors (Lipinski definition) is 3. The number of nitrogen functional groups attached to an aromatic ring is 1. The van der Waals surface area contributed by atoms with Gasteiger partial charge in [0.05, 0.1) is 13.2 Å². The van der Waals surface area contributed by atoms with Crippen LogP contribution >= 0.6 is 23.2 Å². The fourth-order valence-electron chi connectivity index (χ4n) is 2.13. The van der Waals surface area contributed by atoms with Gasteiger partial charge in [-0.2, -0.15) is 5.10 Å². The third-order valence-electron chi connectivity index (χ3n) is 2.90. The molecule has 3 rings (SSSR count). The van der Waals surface area contributed by atoms with E-state index in [1.165, 1.54) is 0 Å². The largest absolute Gasteiger partial charge is 0.493 e. The third kappa shape index (κ3) is 2.02. The Morgan fingerprint density at radius 2 is 2.22 bits per heavy atom. The highest BCUT2D eigenvalue weighted by Gasteiger charge is 2.18. The van der Waals surface area contributed by atoms with Crippen LogP contribution in [0.3, 0.4) is 0 Å². The molecule has 0 bridgehead atoms. The van der Waals surface area contributed by atoms with E-state index in [-0.39, 0.29) is 0 Å². The fraction of sp³-hybridized carbons (Fsp3) is 0.250. The first-order valence-corrected chi connectivity index (χ1v) is 6.31. The Morgan fingerprint density at radius 1 is 1.39 bits per heavy atom. The summed E-state index contributed by atoms with van der Waals surface area (Å²) < 4.78 is 7.32. The Kier molecular flexibility index (Phi) is 2.84. The monoisotopic (exact) mass is 283 g/mol. The predicted molar refractivity (Wildman–Crippen MR) is 71.4 cm³/mol. The lowest BCUT2D eigenvalue weighted by Crippen LogP contribution is -2.03. The zero-order valence-electron chi connectivity index (χ0n) is 9.49. The van der Waals surface area contributed by atoms with Gasteiger partial charge in [0, 0.05) is 23.2 Å². The molecule has 0 atom stereocenters. The van der Waals surface area contributed by atoms with Gasteiger partial charge in [0.2, 0.25) is 0 Å². The lowest BCUT2D eigenvalue weighted by Gasteiger charge is -2.09. The quantitative estimate of drug-likeness (QED) is 0.922. The molecule has 2 heterocycles. The number of benzene rings is 1. The summed E-state index contributed by atoms with van der Waals surface area (Å²) >= 11 is 12.0. The van der Waals surface area contributed by atoms with Crippen LogP contribution in [-0.2, 0) is 13.0 Å². The van der Waals surface area contributed by atoms with Crippen molar-refractivity contribution in [1.29, 1.82) is 0 Å². The zero-order valence-corrected chi connectivity index (χ0v) is 11.0. The van der Waals surface area contributed by atoms with Gasteiger partial charge in [0.1, 0.15) is 10.8 Å². The lowest BCUT2D eigenvalue weighted by atomic mass is 10.1. The number of hydrogen-bond donors (Lipinski definition) is 1. The van der Waals surface area contributed by atoms with E-state index in [2.05, 4.69) is 5.10 Å². The first-order chi connectivity index (χ1) is 8.63. The smallest absolute Gasteiger partial charge is 0.164 e. The Morgan fingerprint density at radius 3 is 2.94 bits per heavy atom. The van der Waals surface area contributed by atoms with Crippen molar-refractivity contribution in [2.45, 2.75) is 13.0 Å². The summed E-state index contributed by atoms with van der Waals surface area (Å²) in [7, 11) is 0. The minimum absolute atomic E-state index is 0.330. The average molecular weight is 284 g/mol. The molecule has 6 heteroatoms. The number of halogens is 2. The third-order valence-corrected chi connectivity index (χ3v) is 3.41. The second-order valence-corrected chi connectivity index (χ2v) is 5.06. The van der Waals surface area contributed by atoms with Crippen LogP contribution in [0.2, 0.25) is 10.0 Å². The first kappa shape index (κ1) is 11.7. The number of nitrogens with zero attached hydrogens (tertiary/aromatic N) is 2. The van der Waals surface area contributed by atoms with Gasteiger partial charge >= 0.3 is 0 Å². The maximum absolute atomic E-state index is 6.10. The van der Waals surface area contributed by atoms with Crippen LogP contribution in [-0.4, -0.2) is 16.4 Å². The van der Waals surface area contributed by atoms with E-state index in [1.807, 2.05) is 12.1 Å². The number of ether oxygens (including phenoxy) is 1. The number of anilines is 1. The van der Waals surface area contributed by atoms with Gasteiger partial charge in [-0.25, -0.2) is 0 Å². The second-order valence-electron chi connectivity index (χ2n) is 4.21. The van der Waals surface area contributed by atoms with Gasteiger partial charge in [-0.15, -0.1) is 0 Å². The molecule has 0 unspecified atom stereocenters. The van der Waals surface area contributed by atoms with E-state index in [0.717, 1.165) is 23.3 Å². The molecule has 18 heavy (non-hydrogen) atoms. The van der Waals surface area contributed by atoms with Crippen molar-refractivity contribution in [3.63, 3.8) is 0 Å². The van der Waals surface area contributed by atoms with Crippen molar-refractivity contribution in [1.82, 2.24) is 9.78 Å². The van der Waals surface area contributed by atoms with E-state index in [1.54, 1.807) is 10.9 Å². The molecule has 1 aromatic carbocycles. The molecule has 1 aliphatic heterocycles. The second kappa shape index (κ2) is 4.37. The Hall–Kier alpha value is -1.39. The van der Waals surface area contributed by atoms with Gasteiger partial charge in [-0.1, -0.05) is 23.2 Å². The molecule has 1 aliphatic rings. The highest BCUT2D eigenvalue weighted by Crippen LogP contribution is 2.33. The Bertz CT molecular complexity index is 590. The molecule has 0 aliphatic carbocycles. The van der Waals surface area contributed by atoms with Crippen LogP contribution in [0, 0.1) is 0 Å². The molecular weight excluding hydrogens is 273 g/mol. The lowest BCUT2D eigenvalue weighted by molar-refractivity contribution is 0.352. The topological polar surface area (TPSA) is 53.1 Å². The predicted octanol–water partition coefficient (Wildman–Crippen LogP) is 2.76. The minimum Gasteiger partial charge on any atom is -0.493 e. The standard InChI is InChI=1S/C12H11Cl2N3O/c13-9-3-7-1-2-18-11(7)8(4-9)5-17-6-10(14)12(15)16-17/h3-4,6H,1-2,5H2,(H2,15,16). The van der Waals surface area contributed by atoms with Crippen molar-refractivity contribution in [2.75, 3.05) is 12.3 Å². The van der Waals surface area contributed by atoms with Gasteiger partial charge in [0.15, 0.2) is 5.82 Å². The van der Waals surface area contributed by atoms with E-state index in [4.69, 9.17) is 33.7 Å². The van der Waals surface area contributed by atoms with E-state index >= 15 is 0 Å². The maximum Gasteiger partial charge on any atom is 0.164 e. The average Bonchev–Trinajstić information content (AvgIpc) is 2.86. The SMILES string of the molecule is Nc1nn(Cc2cc(Cl)cc3c2OCC3)cc1Cl. The summed E-state index contributed by atoms with van der Waals surface area (Å²) in [4.78, 5) is 0. The zero-order chi connectivity index (χ0) is 12.7. The molecule has 0 radical (unpaired) electrons. The van der Waals surface area contributed by atoms with Gasteiger partial charge in [-0.3, -0.25) is 4.68 Å². The Balaban J connectivity index is 1.97. The highest BCUT2D eigenvalue weighted by molar-refractivity contribution is 6.32. The molecule has 1 aromatic heterocycles. The summed E-state index contributed by atoms with van der Waals surface area (Å²) in [6, 6.07) is 3.83. The number of aromatic nitrogens is 2. The first-order valence-electron chi connectivity index (χ1n) is 5.56. The van der Waals surface area contributed by atoms with Crippen molar-refractivity contribution < 1.29 is 4.74 Å². The van der Waals surface area contributed by atoms with Crippen molar-refractivity contribution >= 4 is 29.0 Å². The van der Waals surface area contributed by atoms with Crippen molar-refractivity contribution in [3.8, 4) is 5.75 Å². The molecule has 0 saturated heterocycles. The van der Waals surface area contributed by atoms with Crippen LogP contribution in [0.15, 0.2) is 18.3 Å². The molecule has 0 fully saturated rings. The molecule has 4 nitrogen and oxygen atoms in total. The van der Waals surface area contributed by atoms with E-state index in [0.29, 0.717) is 29.0 Å². The molecular formula is C12H11Cl2N3O. The van der Waals surface area contributed by atoms with Crippen molar-refractivity contribution in [3.05, 3.63) is 39.5 Å². The van der Waals surface area contributed by atoms with Crippen LogP contribution in [0.4, 0.5) is 5.82 Å². The van der Waals surface area contributed by atoms with Crippen molar-refractivity contribution in [2.24, 2.45) is 0 Å². The van der Waals surface area contributed by atoms with E-state index < -0.39 is 0 Å². The molecule has 0 saturated carbocycles. The molecule has 2 N–H and O–H groups in total. The summed E-state index contributed by atoms with van der Waals surface area (Å²) in [5.74, 6) is 1.24.